The molecule has 1 heterocycles. The van der Waals surface area contributed by atoms with E-state index in [2.05, 4.69) is 55.4 Å². The summed E-state index contributed by atoms with van der Waals surface area (Å²) in [4.78, 5) is 13.1. The van der Waals surface area contributed by atoms with Crippen molar-refractivity contribution in [3.05, 3.63) is 32.9 Å². The molecule has 0 saturated heterocycles. The molecule has 0 N–H and O–H groups in total. The molecule has 21 heavy (non-hydrogen) atoms. The van der Waals surface area contributed by atoms with Crippen LogP contribution in [0.1, 0.15) is 84.5 Å². The van der Waals surface area contributed by atoms with E-state index >= 15 is 0 Å². The highest BCUT2D eigenvalue weighted by Gasteiger charge is 2.34. The molecule has 0 aliphatic carbocycles. The third kappa shape index (κ3) is 3.99. The average Bonchev–Trinajstić information content (AvgIpc) is 2.07. The number of rotatable bonds is 2. The lowest BCUT2D eigenvalue weighted by molar-refractivity contribution is 0.275. The molecule has 2 nitrogen and oxygen atoms in total. The van der Waals surface area contributed by atoms with E-state index in [1.165, 1.54) is 0 Å². The van der Waals surface area contributed by atoms with E-state index in [1.54, 1.807) is 0 Å². The molecular weight excluding hydrogens is 260 g/mol. The van der Waals surface area contributed by atoms with Gasteiger partial charge < -0.3 is 4.42 Å². The van der Waals surface area contributed by atoms with E-state index in [-0.39, 0.29) is 21.7 Å². The first-order valence-electron chi connectivity index (χ1n) is 7.82. The van der Waals surface area contributed by atoms with Gasteiger partial charge in [0.05, 0.1) is 0 Å². The van der Waals surface area contributed by atoms with Gasteiger partial charge in [-0.15, -0.1) is 0 Å². The summed E-state index contributed by atoms with van der Waals surface area (Å²) < 4.78 is 5.95. The smallest absolute Gasteiger partial charge is 0.192 e. The van der Waals surface area contributed by atoms with Crippen LogP contribution >= 0.6 is 0 Å². The molecule has 0 unspecified atom stereocenters. The molecule has 0 atom stereocenters. The first kappa shape index (κ1) is 18.0. The van der Waals surface area contributed by atoms with Gasteiger partial charge in [0.2, 0.25) is 0 Å². The Morgan fingerprint density at radius 3 is 1.62 bits per heavy atom. The van der Waals surface area contributed by atoms with Crippen LogP contribution in [-0.2, 0) is 10.8 Å². The summed E-state index contributed by atoms with van der Waals surface area (Å²) in [5, 5.41) is 0. The molecule has 0 fully saturated rings. The summed E-state index contributed by atoms with van der Waals surface area (Å²) in [6, 6.07) is 0. The van der Waals surface area contributed by atoms with Crippen LogP contribution in [0.15, 0.2) is 9.21 Å². The van der Waals surface area contributed by atoms with Crippen molar-refractivity contribution in [3.63, 3.8) is 0 Å². The molecule has 2 heteroatoms. The average molecular weight is 292 g/mol. The van der Waals surface area contributed by atoms with Gasteiger partial charge in [-0.05, 0) is 36.5 Å². The third-order valence-electron chi connectivity index (χ3n) is 3.86. The Hall–Kier alpha value is -1.05. The zero-order valence-corrected chi connectivity index (χ0v) is 15.5. The largest absolute Gasteiger partial charge is 0.466 e. The summed E-state index contributed by atoms with van der Waals surface area (Å²) >= 11 is 0. The molecule has 0 amide bonds. The number of aryl methyl sites for hydroxylation is 2. The zero-order valence-electron chi connectivity index (χ0n) is 15.5. The van der Waals surface area contributed by atoms with Crippen molar-refractivity contribution in [3.8, 4) is 0 Å². The van der Waals surface area contributed by atoms with Crippen LogP contribution in [0.5, 0.6) is 0 Å². The fourth-order valence-electron chi connectivity index (χ4n) is 3.84. The van der Waals surface area contributed by atoms with Crippen LogP contribution in [0.2, 0.25) is 0 Å². The molecular formula is C19H32O2. The molecule has 0 radical (unpaired) electrons. The van der Waals surface area contributed by atoms with Crippen molar-refractivity contribution in [2.75, 3.05) is 0 Å². The summed E-state index contributed by atoms with van der Waals surface area (Å²) in [5.41, 5.74) is 1.58. The van der Waals surface area contributed by atoms with Gasteiger partial charge >= 0.3 is 0 Å². The molecule has 0 spiro atoms. The van der Waals surface area contributed by atoms with E-state index in [0.717, 1.165) is 29.1 Å². The monoisotopic (exact) mass is 292 g/mol. The maximum Gasteiger partial charge on any atom is 0.192 e. The standard InChI is InChI=1S/C19H32O2/c1-12-14(18(6,7)8)16(20)15(13(2)21-12)19(9,10)11-17(3,4)5/h11H2,1-10H3. The zero-order chi connectivity index (χ0) is 16.8. The molecule has 1 aromatic rings. The van der Waals surface area contributed by atoms with E-state index in [9.17, 15) is 4.79 Å². The summed E-state index contributed by atoms with van der Waals surface area (Å²) in [5.74, 6) is 1.51. The van der Waals surface area contributed by atoms with Crippen molar-refractivity contribution in [2.45, 2.75) is 86.5 Å². The Morgan fingerprint density at radius 2 is 1.24 bits per heavy atom. The normalized spacial score (nSPS) is 13.6. The van der Waals surface area contributed by atoms with Gasteiger partial charge in [-0.1, -0.05) is 55.4 Å². The molecule has 0 aliphatic rings. The van der Waals surface area contributed by atoms with E-state index in [4.69, 9.17) is 4.42 Å². The molecule has 120 valence electrons. The minimum absolute atomic E-state index is 0.162. The molecule has 0 bridgehead atoms. The fourth-order valence-corrected chi connectivity index (χ4v) is 3.84. The highest BCUT2D eigenvalue weighted by atomic mass is 16.3. The highest BCUT2D eigenvalue weighted by molar-refractivity contribution is 5.36. The van der Waals surface area contributed by atoms with E-state index in [1.807, 2.05) is 13.8 Å². The van der Waals surface area contributed by atoms with Crippen LogP contribution in [0.3, 0.4) is 0 Å². The molecule has 0 saturated carbocycles. The van der Waals surface area contributed by atoms with Crippen molar-refractivity contribution < 1.29 is 4.42 Å². The van der Waals surface area contributed by atoms with Gasteiger partial charge in [-0.2, -0.15) is 0 Å². The third-order valence-corrected chi connectivity index (χ3v) is 3.86. The molecule has 1 aromatic heterocycles. The van der Waals surface area contributed by atoms with Crippen LogP contribution < -0.4 is 5.43 Å². The Labute approximate surface area is 130 Å². The minimum Gasteiger partial charge on any atom is -0.466 e. The second kappa shape index (κ2) is 5.30. The topological polar surface area (TPSA) is 30.2 Å². The van der Waals surface area contributed by atoms with Gasteiger partial charge in [0.25, 0.3) is 0 Å². The minimum atomic E-state index is -0.203. The maximum absolute atomic E-state index is 13.1. The van der Waals surface area contributed by atoms with Crippen molar-refractivity contribution in [1.29, 1.82) is 0 Å². The van der Waals surface area contributed by atoms with Crippen LogP contribution in [0, 0.1) is 19.3 Å². The summed E-state index contributed by atoms with van der Waals surface area (Å²) in [6.45, 7) is 21.0. The number of hydrogen-bond donors (Lipinski definition) is 0. The predicted octanol–water partition coefficient (Wildman–Crippen LogP) is 5.27. The van der Waals surface area contributed by atoms with Gasteiger partial charge in [-0.3, -0.25) is 4.79 Å². The molecule has 0 aromatic carbocycles. The molecule has 0 aliphatic heterocycles. The Balaban J connectivity index is 3.62. The van der Waals surface area contributed by atoms with E-state index < -0.39 is 0 Å². The quantitative estimate of drug-likeness (QED) is 0.743. The van der Waals surface area contributed by atoms with Crippen LogP contribution in [0.4, 0.5) is 0 Å². The Morgan fingerprint density at radius 1 is 0.810 bits per heavy atom. The van der Waals surface area contributed by atoms with Crippen molar-refractivity contribution >= 4 is 0 Å². The first-order chi connectivity index (χ1) is 9.17. The van der Waals surface area contributed by atoms with Crippen LogP contribution in [-0.4, -0.2) is 0 Å². The van der Waals surface area contributed by atoms with Gasteiger partial charge in [0, 0.05) is 11.1 Å². The lowest BCUT2D eigenvalue weighted by atomic mass is 9.71. The highest BCUT2D eigenvalue weighted by Crippen LogP contribution is 2.37. The Kier molecular flexibility index (Phi) is 4.54. The van der Waals surface area contributed by atoms with Gasteiger partial charge in [0.1, 0.15) is 11.5 Å². The second-order valence-electron chi connectivity index (χ2n) is 9.16. The Bertz CT molecular complexity index is 575. The lowest BCUT2D eigenvalue weighted by Crippen LogP contribution is -2.36. The first-order valence-corrected chi connectivity index (χ1v) is 7.82. The van der Waals surface area contributed by atoms with Gasteiger partial charge in [-0.25, -0.2) is 0 Å². The molecule has 1 rings (SSSR count). The number of hydrogen-bond acceptors (Lipinski definition) is 2. The van der Waals surface area contributed by atoms with E-state index in [0.29, 0.717) is 0 Å². The summed E-state index contributed by atoms with van der Waals surface area (Å²) in [7, 11) is 0. The van der Waals surface area contributed by atoms with Crippen molar-refractivity contribution in [1.82, 2.24) is 0 Å². The van der Waals surface area contributed by atoms with Gasteiger partial charge in [0.15, 0.2) is 5.43 Å². The SMILES string of the molecule is Cc1oc(C)c(C(C)(C)CC(C)(C)C)c(=O)c1C(C)(C)C. The predicted molar refractivity (Wildman–Crippen MR) is 90.3 cm³/mol. The summed E-state index contributed by atoms with van der Waals surface area (Å²) in [6.07, 6.45) is 0.943. The maximum atomic E-state index is 13.1. The van der Waals surface area contributed by atoms with Crippen molar-refractivity contribution in [2.24, 2.45) is 5.41 Å². The van der Waals surface area contributed by atoms with Crippen LogP contribution in [0.25, 0.3) is 0 Å². The fraction of sp³-hybridized carbons (Fsp3) is 0.737. The lowest BCUT2D eigenvalue weighted by Gasteiger charge is -2.34. The second-order valence-corrected chi connectivity index (χ2v) is 9.16.